The number of carbonyl (C=O) groups excluding carboxylic acids is 9. The van der Waals surface area contributed by atoms with Crippen molar-refractivity contribution in [1.82, 2.24) is 15.0 Å². The molecule has 9 aromatic rings. The molecule has 3 aliphatic rings. The summed E-state index contributed by atoms with van der Waals surface area (Å²) in [5.74, 6) is -9.26. The number of benzene rings is 6. The van der Waals surface area contributed by atoms with Crippen LogP contribution >= 0.6 is 34.0 Å². The van der Waals surface area contributed by atoms with Crippen LogP contribution in [0.3, 0.4) is 0 Å². The van der Waals surface area contributed by atoms with Gasteiger partial charge in [0.25, 0.3) is 23.3 Å². The molecular weight excluding hydrogens is 1480 g/mol. The fourth-order valence-electron chi connectivity index (χ4n) is 11.8. The molecule has 4 N–H and O–H groups in total. The fourth-order valence-corrected chi connectivity index (χ4v) is 14.9. The van der Waals surface area contributed by atoms with Crippen molar-refractivity contribution in [3.05, 3.63) is 243 Å². The molecule has 3 atom stereocenters. The number of anilines is 3. The number of nitrogens with zero attached hydrogens (tertiary/aromatic N) is 6. The van der Waals surface area contributed by atoms with Gasteiger partial charge in [-0.25, -0.2) is 42.5 Å². The highest BCUT2D eigenvalue weighted by molar-refractivity contribution is 7.18. The Kier molecular flexibility index (Phi) is 25.0. The molecule has 3 aromatic heterocycles. The third-order valence-corrected chi connectivity index (χ3v) is 20.4. The molecule has 0 spiro atoms. The number of aromatic nitrogens is 3. The monoisotopic (exact) mass is 1550 g/mol. The van der Waals surface area contributed by atoms with Gasteiger partial charge in [0.2, 0.25) is 0 Å². The maximum atomic E-state index is 13.7. The van der Waals surface area contributed by atoms with E-state index in [0.29, 0.717) is 84.4 Å². The Hall–Kier alpha value is -12.7. The van der Waals surface area contributed by atoms with Crippen molar-refractivity contribution in [2.75, 3.05) is 57.4 Å². The summed E-state index contributed by atoms with van der Waals surface area (Å²) in [5, 5.41) is 41.3. The van der Waals surface area contributed by atoms with Gasteiger partial charge in [0.15, 0.2) is 15.4 Å². The molecule has 12 rings (SSSR count). The van der Waals surface area contributed by atoms with Crippen LogP contribution in [0.5, 0.6) is 17.2 Å². The van der Waals surface area contributed by atoms with Crippen LogP contribution in [0, 0.1) is 59.0 Å². The van der Waals surface area contributed by atoms with E-state index in [-0.39, 0.29) is 46.7 Å². The summed E-state index contributed by atoms with van der Waals surface area (Å²) < 4.78 is 71.1. The molecule has 0 saturated carbocycles. The predicted octanol–water partition coefficient (Wildman–Crippen LogP) is 13.1. The second kappa shape index (κ2) is 33.8. The van der Waals surface area contributed by atoms with Crippen LogP contribution in [0.25, 0.3) is 17.3 Å². The summed E-state index contributed by atoms with van der Waals surface area (Å²) in [5.41, 5.74) is 4.60. The molecule has 3 aliphatic heterocycles. The van der Waals surface area contributed by atoms with Crippen LogP contribution in [-0.4, -0.2) is 137 Å². The second-order valence-corrected chi connectivity index (χ2v) is 26.9. The summed E-state index contributed by atoms with van der Waals surface area (Å²) in [6, 6.07) is 26.9. The number of Topliss-reactive ketones (excluding diaryl/α,β-unsaturated/α-hetero) is 3. The Morgan fingerprint density at radius 3 is 0.789 bits per heavy atom. The number of methoxy groups -OCH3 is 6. The van der Waals surface area contributed by atoms with E-state index >= 15 is 0 Å². The quantitative estimate of drug-likeness (QED) is 0.0243. The lowest BCUT2D eigenvalue weighted by atomic mass is 9.95. The van der Waals surface area contributed by atoms with Crippen molar-refractivity contribution in [3.8, 4) is 17.2 Å². The van der Waals surface area contributed by atoms with E-state index in [2.05, 4.69) is 15.0 Å². The van der Waals surface area contributed by atoms with Crippen molar-refractivity contribution in [3.63, 3.8) is 0 Å². The molecular formula is C77H67F3N6O20S3. The van der Waals surface area contributed by atoms with E-state index in [4.69, 9.17) is 38.3 Å². The van der Waals surface area contributed by atoms with Gasteiger partial charge in [0.1, 0.15) is 66.6 Å². The number of amides is 3. The van der Waals surface area contributed by atoms with Crippen molar-refractivity contribution < 1.29 is 110 Å². The van der Waals surface area contributed by atoms with Gasteiger partial charge in [0, 0.05) is 23.6 Å². The molecule has 3 saturated heterocycles. The lowest BCUT2D eigenvalue weighted by Crippen LogP contribution is -2.29. The number of thiazole rings is 3. The van der Waals surface area contributed by atoms with Crippen molar-refractivity contribution in [2.24, 2.45) is 0 Å². The largest absolute Gasteiger partial charge is 0.507 e. The van der Waals surface area contributed by atoms with Crippen LogP contribution in [0.1, 0.15) is 121 Å². The van der Waals surface area contributed by atoms with Gasteiger partial charge >= 0.3 is 35.6 Å². The van der Waals surface area contributed by atoms with Gasteiger partial charge in [-0.15, -0.1) is 0 Å². The summed E-state index contributed by atoms with van der Waals surface area (Å²) in [6.07, 6.45) is 0. The first kappa shape index (κ1) is 80.4. The molecule has 6 aromatic carbocycles. The first-order chi connectivity index (χ1) is 51.7. The van der Waals surface area contributed by atoms with E-state index < -0.39 is 112 Å². The number of hydrogen-bond donors (Lipinski definition) is 4. The SMILES string of the molecule is CC(=O)O.COC(=O)c1sc(N2C(=O)C(=O)/C(=C(/O)c3ccc(OC)c(C)c3)C2c2ccc(F)cc2)nc1C.COC(=O)c1sc(N2C(=O)C(=O)/C(=C(/O)c3ccc(OC)c(C)c3)C2c2ccc(F)cc2)nc1C.COC(=O)c1sc(N2C(=O)C(=O)/C(=C(/O)c3ccc(OC)c(C)c3)C2c2ccc(F)cc2)nc1C. The van der Waals surface area contributed by atoms with Gasteiger partial charge in [-0.05, 0) is 166 Å². The third kappa shape index (κ3) is 16.5. The van der Waals surface area contributed by atoms with E-state index in [1.165, 1.54) is 115 Å². The lowest BCUT2D eigenvalue weighted by Gasteiger charge is -2.23. The molecule has 0 radical (unpaired) electrons. The van der Waals surface area contributed by atoms with Gasteiger partial charge in [-0.3, -0.25) is 48.3 Å². The summed E-state index contributed by atoms with van der Waals surface area (Å²) in [4.78, 5) is 141. The fraction of sp³-hybridized carbons (Fsp3) is 0.208. The number of carbonyl (C=O) groups is 10. The number of aliphatic carboxylic acids is 1. The summed E-state index contributed by atoms with van der Waals surface area (Å²) >= 11 is 2.66. The number of hydrogen-bond acceptors (Lipinski definition) is 25. The molecule has 0 aliphatic carbocycles. The van der Waals surface area contributed by atoms with Crippen LogP contribution in [0.15, 0.2) is 144 Å². The number of aliphatic hydroxyl groups excluding tert-OH is 3. The van der Waals surface area contributed by atoms with Crippen LogP contribution in [0.4, 0.5) is 28.6 Å². The third-order valence-electron chi connectivity index (χ3n) is 17.0. The number of carboxylic acids is 1. The van der Waals surface area contributed by atoms with Crippen LogP contribution in [0.2, 0.25) is 0 Å². The molecule has 32 heteroatoms. The van der Waals surface area contributed by atoms with Crippen molar-refractivity contribution in [1.29, 1.82) is 0 Å². The number of ether oxygens (including phenoxy) is 6. The van der Waals surface area contributed by atoms with Crippen molar-refractivity contribution >= 4 is 126 Å². The van der Waals surface area contributed by atoms with Gasteiger partial charge in [0.05, 0.1) is 94.6 Å². The molecule has 109 heavy (non-hydrogen) atoms. The lowest BCUT2D eigenvalue weighted by molar-refractivity contribution is -0.134. The Morgan fingerprint density at radius 2 is 0.596 bits per heavy atom. The Labute approximate surface area is 631 Å². The zero-order valence-corrected chi connectivity index (χ0v) is 62.7. The highest BCUT2D eigenvalue weighted by Gasteiger charge is 2.52. The number of ketones is 3. The van der Waals surface area contributed by atoms with E-state index in [1.54, 1.807) is 96.1 Å². The molecule has 26 nitrogen and oxygen atoms in total. The van der Waals surface area contributed by atoms with Gasteiger partial charge in [-0.1, -0.05) is 70.4 Å². The number of aryl methyl sites for hydroxylation is 6. The standard InChI is InChI=1S/3C25H21FN2O6S.C2H4O2/c3*1-12-11-15(7-10-17(12)33-3)20(29)18-19(14-5-8-16(26)9-6-14)28(23(31)21(18)30)25-27-13(2)22(35-25)24(32)34-4;1-2(3)4/h3*5-11,19,29H,1-4H3;1H3,(H,3,4)/b3*20-18+;. The Balaban J connectivity index is 0.000000184. The Bertz CT molecular complexity index is 4750. The minimum Gasteiger partial charge on any atom is -0.507 e. The number of rotatable bonds is 15. The van der Waals surface area contributed by atoms with E-state index in [1.807, 2.05) is 0 Å². The zero-order chi connectivity index (χ0) is 79.9. The van der Waals surface area contributed by atoms with E-state index in [0.717, 1.165) is 55.6 Å². The maximum absolute atomic E-state index is 13.7. The van der Waals surface area contributed by atoms with Gasteiger partial charge < -0.3 is 48.8 Å². The van der Waals surface area contributed by atoms with Crippen molar-refractivity contribution in [2.45, 2.75) is 66.6 Å². The highest BCUT2D eigenvalue weighted by Crippen LogP contribution is 2.48. The van der Waals surface area contributed by atoms with E-state index in [9.17, 15) is 71.6 Å². The minimum absolute atomic E-state index is 0.0734. The predicted molar refractivity (Wildman–Crippen MR) is 395 cm³/mol. The molecule has 564 valence electrons. The highest BCUT2D eigenvalue weighted by atomic mass is 32.1. The first-order valence-electron chi connectivity index (χ1n) is 32.3. The van der Waals surface area contributed by atoms with Crippen LogP contribution < -0.4 is 28.9 Å². The molecule has 6 heterocycles. The number of aliphatic hydroxyl groups is 3. The summed E-state index contributed by atoms with van der Waals surface area (Å²) in [6.45, 7) is 11.1. The Morgan fingerprint density at radius 1 is 0.376 bits per heavy atom. The first-order valence-corrected chi connectivity index (χ1v) is 34.7. The zero-order valence-electron chi connectivity index (χ0n) is 60.2. The second-order valence-electron chi connectivity index (χ2n) is 23.9. The van der Waals surface area contributed by atoms with Gasteiger partial charge in [-0.2, -0.15) is 0 Å². The van der Waals surface area contributed by atoms with Crippen LogP contribution in [-0.2, 0) is 47.8 Å². The number of esters is 3. The average molecular weight is 1550 g/mol. The molecule has 3 fully saturated rings. The summed E-state index contributed by atoms with van der Waals surface area (Å²) in [7, 11) is 8.22. The number of halogens is 3. The minimum atomic E-state index is -1.10. The molecule has 0 bridgehead atoms. The molecule has 3 amide bonds. The average Bonchev–Trinajstić information content (AvgIpc) is 1.61. The normalized spacial score (nSPS) is 16.7. The number of carboxylic acid groups (broad SMARTS) is 1. The maximum Gasteiger partial charge on any atom is 0.350 e. The molecule has 3 unspecified atom stereocenters. The smallest absolute Gasteiger partial charge is 0.350 e. The topological polar surface area (TPSA) is 355 Å².